The van der Waals surface area contributed by atoms with E-state index in [1.54, 1.807) is 12.4 Å². The smallest absolute Gasteiger partial charge is 0.207 e. The Bertz CT molecular complexity index is 565. The molecule has 23 heavy (non-hydrogen) atoms. The van der Waals surface area contributed by atoms with Gasteiger partial charge >= 0.3 is 0 Å². The van der Waals surface area contributed by atoms with Gasteiger partial charge in [-0.2, -0.15) is 5.10 Å². The number of hydrogen-bond acceptors (Lipinski definition) is 4. The lowest BCUT2D eigenvalue weighted by molar-refractivity contribution is -0.109. The summed E-state index contributed by atoms with van der Waals surface area (Å²) in [5, 5.41) is 9.34. The van der Waals surface area contributed by atoms with Crippen LogP contribution in [0.15, 0.2) is 42.7 Å². The second-order valence-corrected chi connectivity index (χ2v) is 4.55. The topological polar surface area (TPSA) is 79.9 Å². The van der Waals surface area contributed by atoms with Crippen molar-refractivity contribution in [1.82, 2.24) is 20.5 Å². The molecule has 2 rings (SSSR count). The molecule has 0 unspecified atom stereocenters. The van der Waals surface area contributed by atoms with Crippen molar-refractivity contribution in [3.63, 3.8) is 0 Å². The minimum absolute atomic E-state index is 0.518. The largest absolute Gasteiger partial charge is 0.492 e. The number of carbonyl (C=O) groups is 1. The normalized spacial score (nSPS) is 9.48. The monoisotopic (exact) mass is 316 g/mol. The number of ether oxygens (including phenoxy) is 1. The summed E-state index contributed by atoms with van der Waals surface area (Å²) in [7, 11) is 0. The van der Waals surface area contributed by atoms with Crippen LogP contribution in [-0.2, 0) is 4.79 Å². The van der Waals surface area contributed by atoms with Gasteiger partial charge in [0.05, 0.1) is 24.2 Å². The van der Waals surface area contributed by atoms with Gasteiger partial charge in [0, 0.05) is 12.7 Å². The van der Waals surface area contributed by atoms with E-state index in [1.165, 1.54) is 0 Å². The number of aromatic nitrogens is 3. The number of H-pyrrole nitrogens is 1. The number of pyridine rings is 1. The van der Waals surface area contributed by atoms with Gasteiger partial charge in [-0.15, -0.1) is 0 Å². The maximum atomic E-state index is 10.1. The fourth-order valence-corrected chi connectivity index (χ4v) is 1.81. The summed E-state index contributed by atoms with van der Waals surface area (Å²) in [6.45, 7) is 8.98. The van der Waals surface area contributed by atoms with Crippen molar-refractivity contribution in [3.05, 3.63) is 42.7 Å². The van der Waals surface area contributed by atoms with Crippen LogP contribution < -0.4 is 10.1 Å². The number of hydrogen-bond donors (Lipinski definition) is 2. The maximum Gasteiger partial charge on any atom is 0.207 e. The van der Waals surface area contributed by atoms with Crippen LogP contribution in [0.25, 0.3) is 11.4 Å². The van der Waals surface area contributed by atoms with Gasteiger partial charge in [-0.05, 0) is 31.0 Å². The Morgan fingerprint density at radius 3 is 2.83 bits per heavy atom. The first kappa shape index (κ1) is 18.4. The molecule has 0 aliphatic carbocycles. The van der Waals surface area contributed by atoms with Crippen LogP contribution in [0.3, 0.4) is 0 Å². The standard InChI is InChI=1S/C15H18N4O2.C2H6/c1-12(9-16-11-20)3-2-8-21-13-4-5-14(17-10-13)15-6-7-18-19-15;1-2/h4-7,10-11H,1-3,8-9H2,(H,16,20)(H,18,19);1-2H3. The van der Waals surface area contributed by atoms with Crippen molar-refractivity contribution in [3.8, 4) is 17.1 Å². The van der Waals surface area contributed by atoms with Crippen LogP contribution in [-0.4, -0.2) is 34.7 Å². The highest BCUT2D eigenvalue weighted by Crippen LogP contribution is 2.17. The average molecular weight is 316 g/mol. The molecule has 0 fully saturated rings. The molecule has 2 N–H and O–H groups in total. The predicted octanol–water partition coefficient (Wildman–Crippen LogP) is 2.96. The Morgan fingerprint density at radius 1 is 1.39 bits per heavy atom. The highest BCUT2D eigenvalue weighted by atomic mass is 16.5. The molecular weight excluding hydrogens is 292 g/mol. The Balaban J connectivity index is 0.00000127. The number of carbonyl (C=O) groups excluding carboxylic acids is 1. The van der Waals surface area contributed by atoms with Gasteiger partial charge in [0.15, 0.2) is 0 Å². The van der Waals surface area contributed by atoms with Crippen molar-refractivity contribution < 1.29 is 9.53 Å². The molecule has 0 aliphatic heterocycles. The Labute approximate surface area is 137 Å². The molecule has 6 nitrogen and oxygen atoms in total. The third kappa shape index (κ3) is 6.78. The first-order valence-corrected chi connectivity index (χ1v) is 7.72. The fraction of sp³-hybridized carbons (Fsp3) is 0.353. The Kier molecular flexibility index (Phi) is 8.81. The highest BCUT2D eigenvalue weighted by Gasteiger charge is 2.01. The van der Waals surface area contributed by atoms with Crippen LogP contribution in [0.4, 0.5) is 0 Å². The third-order valence-electron chi connectivity index (χ3n) is 2.89. The summed E-state index contributed by atoms with van der Waals surface area (Å²) in [5.41, 5.74) is 2.69. The SMILES string of the molecule is C=C(CCCOc1ccc(-c2ccn[nH]2)nc1)CNC=O.CC. The van der Waals surface area contributed by atoms with E-state index in [0.717, 1.165) is 35.6 Å². The van der Waals surface area contributed by atoms with E-state index in [4.69, 9.17) is 4.74 Å². The lowest BCUT2D eigenvalue weighted by Gasteiger charge is -2.07. The second kappa shape index (κ2) is 11.0. The first-order valence-electron chi connectivity index (χ1n) is 7.72. The van der Waals surface area contributed by atoms with Gasteiger partial charge in [-0.1, -0.05) is 26.0 Å². The van der Waals surface area contributed by atoms with E-state index in [9.17, 15) is 4.79 Å². The lowest BCUT2D eigenvalue weighted by atomic mass is 10.2. The number of nitrogens with one attached hydrogen (secondary N) is 2. The van der Waals surface area contributed by atoms with E-state index in [-0.39, 0.29) is 0 Å². The van der Waals surface area contributed by atoms with Crippen molar-refractivity contribution in [2.75, 3.05) is 13.2 Å². The van der Waals surface area contributed by atoms with Crippen LogP contribution >= 0.6 is 0 Å². The highest BCUT2D eigenvalue weighted by molar-refractivity contribution is 5.53. The van der Waals surface area contributed by atoms with Gasteiger partial charge in [-0.25, -0.2) is 0 Å². The molecule has 0 atom stereocenters. The molecule has 0 aromatic carbocycles. The minimum atomic E-state index is 0.518. The van der Waals surface area contributed by atoms with E-state index in [2.05, 4.69) is 27.1 Å². The molecule has 2 aromatic rings. The van der Waals surface area contributed by atoms with Gasteiger partial charge in [0.25, 0.3) is 0 Å². The zero-order chi connectivity index (χ0) is 16.9. The van der Waals surface area contributed by atoms with Crippen LogP contribution in [0.5, 0.6) is 5.75 Å². The summed E-state index contributed by atoms with van der Waals surface area (Å²) >= 11 is 0. The zero-order valence-electron chi connectivity index (χ0n) is 13.7. The molecule has 0 radical (unpaired) electrons. The summed E-state index contributed by atoms with van der Waals surface area (Å²) in [4.78, 5) is 14.5. The average Bonchev–Trinajstić information content (AvgIpc) is 3.14. The van der Waals surface area contributed by atoms with E-state index in [0.29, 0.717) is 19.6 Å². The van der Waals surface area contributed by atoms with E-state index >= 15 is 0 Å². The Hall–Kier alpha value is -2.63. The van der Waals surface area contributed by atoms with Gasteiger partial charge in [0.2, 0.25) is 6.41 Å². The van der Waals surface area contributed by atoms with Crippen molar-refractivity contribution in [1.29, 1.82) is 0 Å². The fourth-order valence-electron chi connectivity index (χ4n) is 1.81. The summed E-state index contributed by atoms with van der Waals surface area (Å²) in [6, 6.07) is 5.63. The Morgan fingerprint density at radius 2 is 2.22 bits per heavy atom. The molecule has 2 aromatic heterocycles. The van der Waals surface area contributed by atoms with Gasteiger partial charge < -0.3 is 10.1 Å². The summed E-state index contributed by atoms with van der Waals surface area (Å²) in [6.07, 6.45) is 5.73. The second-order valence-electron chi connectivity index (χ2n) is 4.55. The van der Waals surface area contributed by atoms with E-state index < -0.39 is 0 Å². The molecule has 0 aliphatic rings. The first-order chi connectivity index (χ1) is 11.3. The minimum Gasteiger partial charge on any atom is -0.492 e. The maximum absolute atomic E-state index is 10.1. The molecule has 0 saturated heterocycles. The molecular formula is C17H24N4O2. The molecule has 0 saturated carbocycles. The molecule has 0 spiro atoms. The van der Waals surface area contributed by atoms with Gasteiger partial charge in [-0.3, -0.25) is 14.9 Å². The van der Waals surface area contributed by atoms with Crippen LogP contribution in [0.2, 0.25) is 0 Å². The van der Waals surface area contributed by atoms with E-state index in [1.807, 2.05) is 32.0 Å². The van der Waals surface area contributed by atoms with Crippen molar-refractivity contribution in [2.24, 2.45) is 0 Å². The number of aromatic amines is 1. The van der Waals surface area contributed by atoms with Gasteiger partial charge in [0.1, 0.15) is 5.75 Å². The molecule has 124 valence electrons. The lowest BCUT2D eigenvalue weighted by Crippen LogP contribution is -2.14. The van der Waals surface area contributed by atoms with Crippen molar-refractivity contribution in [2.45, 2.75) is 26.7 Å². The van der Waals surface area contributed by atoms with Crippen molar-refractivity contribution >= 4 is 6.41 Å². The third-order valence-corrected chi connectivity index (χ3v) is 2.89. The molecule has 2 heterocycles. The number of nitrogens with zero attached hydrogens (tertiary/aromatic N) is 2. The zero-order valence-corrected chi connectivity index (χ0v) is 13.7. The molecule has 0 bridgehead atoms. The summed E-state index contributed by atoms with van der Waals surface area (Å²) in [5.74, 6) is 0.731. The van der Waals surface area contributed by atoms with Crippen LogP contribution in [0, 0.1) is 0 Å². The number of amides is 1. The predicted molar refractivity (Wildman–Crippen MR) is 91.1 cm³/mol. The molecule has 1 amide bonds. The van der Waals surface area contributed by atoms with Crippen LogP contribution in [0.1, 0.15) is 26.7 Å². The number of rotatable bonds is 9. The quantitative estimate of drug-likeness (QED) is 0.423. The molecule has 6 heteroatoms. The summed E-state index contributed by atoms with van der Waals surface area (Å²) < 4.78 is 5.61.